The number of nitrogens with one attached hydrogen (secondary N) is 1. The van der Waals surface area contributed by atoms with Gasteiger partial charge >= 0.3 is 0 Å². The van der Waals surface area contributed by atoms with Gasteiger partial charge in [0.25, 0.3) is 0 Å². The predicted octanol–water partition coefficient (Wildman–Crippen LogP) is 2.27. The van der Waals surface area contributed by atoms with Crippen molar-refractivity contribution in [3.63, 3.8) is 0 Å². The maximum absolute atomic E-state index is 6.18. The van der Waals surface area contributed by atoms with Gasteiger partial charge in [0.15, 0.2) is 0 Å². The third-order valence-electron chi connectivity index (χ3n) is 2.79. The molecule has 0 saturated carbocycles. The number of hydrazine groups is 1. The normalized spacial score (nSPS) is 12.9. The molecule has 0 amide bonds. The van der Waals surface area contributed by atoms with Gasteiger partial charge in [0.2, 0.25) is 0 Å². The Bertz CT molecular complexity index is 343. The first-order valence-corrected chi connectivity index (χ1v) is 6.87. The van der Waals surface area contributed by atoms with E-state index in [0.29, 0.717) is 5.02 Å². The molecule has 0 radical (unpaired) electrons. The molecule has 0 aliphatic heterocycles. The molecule has 18 heavy (non-hydrogen) atoms. The standard InChI is InChI=1S/C12H23ClN4O/c1-3-7-17-12(10(13)9-15-17)11(16-14)6-5-8-18-4-2/h9,11,16H,3-8,14H2,1-2H3. The quantitative estimate of drug-likeness (QED) is 0.412. The Labute approximate surface area is 114 Å². The van der Waals surface area contributed by atoms with E-state index in [1.165, 1.54) is 0 Å². The van der Waals surface area contributed by atoms with Gasteiger partial charge in [0.05, 0.1) is 23.0 Å². The summed E-state index contributed by atoms with van der Waals surface area (Å²) in [6.45, 7) is 6.44. The van der Waals surface area contributed by atoms with Gasteiger partial charge in [-0.1, -0.05) is 18.5 Å². The fourth-order valence-corrected chi connectivity index (χ4v) is 2.21. The predicted molar refractivity (Wildman–Crippen MR) is 73.3 cm³/mol. The summed E-state index contributed by atoms with van der Waals surface area (Å²) in [5.74, 6) is 5.62. The van der Waals surface area contributed by atoms with Crippen LogP contribution >= 0.6 is 11.6 Å². The Balaban J connectivity index is 2.65. The molecule has 1 aromatic heterocycles. The summed E-state index contributed by atoms with van der Waals surface area (Å²) in [5, 5.41) is 4.95. The molecule has 1 heterocycles. The second kappa shape index (κ2) is 8.48. The minimum atomic E-state index is 0.0204. The molecule has 0 bridgehead atoms. The van der Waals surface area contributed by atoms with Crippen LogP contribution in [0.5, 0.6) is 0 Å². The van der Waals surface area contributed by atoms with Crippen molar-refractivity contribution in [1.29, 1.82) is 0 Å². The lowest BCUT2D eigenvalue weighted by atomic mass is 10.1. The summed E-state index contributed by atoms with van der Waals surface area (Å²) < 4.78 is 7.25. The molecule has 6 heteroatoms. The summed E-state index contributed by atoms with van der Waals surface area (Å²) >= 11 is 6.18. The van der Waals surface area contributed by atoms with Gasteiger partial charge in [0, 0.05) is 19.8 Å². The Morgan fingerprint density at radius 2 is 2.33 bits per heavy atom. The van der Waals surface area contributed by atoms with Crippen LogP contribution in [0.15, 0.2) is 6.20 Å². The molecule has 1 rings (SSSR count). The molecular formula is C12H23ClN4O. The highest BCUT2D eigenvalue weighted by Crippen LogP contribution is 2.25. The van der Waals surface area contributed by atoms with E-state index in [1.807, 2.05) is 11.6 Å². The monoisotopic (exact) mass is 274 g/mol. The van der Waals surface area contributed by atoms with Crippen LogP contribution in [0.4, 0.5) is 0 Å². The smallest absolute Gasteiger partial charge is 0.0834 e. The molecule has 1 aromatic rings. The van der Waals surface area contributed by atoms with Crippen LogP contribution < -0.4 is 11.3 Å². The number of halogens is 1. The van der Waals surface area contributed by atoms with Gasteiger partial charge in [-0.15, -0.1) is 0 Å². The molecular weight excluding hydrogens is 252 g/mol. The largest absolute Gasteiger partial charge is 0.382 e. The van der Waals surface area contributed by atoms with Gasteiger partial charge < -0.3 is 4.74 Å². The summed E-state index contributed by atoms with van der Waals surface area (Å²) in [5.41, 5.74) is 3.79. The van der Waals surface area contributed by atoms with Crippen LogP contribution in [0, 0.1) is 0 Å². The Morgan fingerprint density at radius 3 is 2.94 bits per heavy atom. The van der Waals surface area contributed by atoms with Crippen LogP contribution in [-0.2, 0) is 11.3 Å². The van der Waals surface area contributed by atoms with E-state index >= 15 is 0 Å². The van der Waals surface area contributed by atoms with Gasteiger partial charge in [-0.3, -0.25) is 16.0 Å². The highest BCUT2D eigenvalue weighted by Gasteiger charge is 2.18. The van der Waals surface area contributed by atoms with Gasteiger partial charge in [0.1, 0.15) is 0 Å². The lowest BCUT2D eigenvalue weighted by Gasteiger charge is -2.18. The summed E-state index contributed by atoms with van der Waals surface area (Å²) in [7, 11) is 0. The van der Waals surface area contributed by atoms with Crippen molar-refractivity contribution in [3.8, 4) is 0 Å². The zero-order valence-electron chi connectivity index (χ0n) is 11.2. The molecule has 5 nitrogen and oxygen atoms in total. The van der Waals surface area contributed by atoms with Gasteiger partial charge in [-0.2, -0.15) is 5.10 Å². The van der Waals surface area contributed by atoms with Crippen LogP contribution in [0.1, 0.15) is 44.8 Å². The molecule has 0 spiro atoms. The molecule has 0 fully saturated rings. The van der Waals surface area contributed by atoms with E-state index in [4.69, 9.17) is 22.2 Å². The molecule has 0 saturated heterocycles. The van der Waals surface area contributed by atoms with Crippen molar-refractivity contribution in [2.75, 3.05) is 13.2 Å². The van der Waals surface area contributed by atoms with Gasteiger partial charge in [-0.25, -0.2) is 0 Å². The molecule has 0 aliphatic rings. The first-order valence-electron chi connectivity index (χ1n) is 6.49. The molecule has 0 aliphatic carbocycles. The fourth-order valence-electron chi connectivity index (χ4n) is 1.94. The number of nitrogens with zero attached hydrogens (tertiary/aromatic N) is 2. The van der Waals surface area contributed by atoms with Crippen molar-refractivity contribution in [3.05, 3.63) is 16.9 Å². The topological polar surface area (TPSA) is 65.1 Å². The maximum atomic E-state index is 6.18. The van der Waals surface area contributed by atoms with E-state index < -0.39 is 0 Å². The maximum Gasteiger partial charge on any atom is 0.0834 e. The minimum absolute atomic E-state index is 0.0204. The average molecular weight is 275 g/mol. The third-order valence-corrected chi connectivity index (χ3v) is 3.08. The molecule has 1 atom stereocenters. The third kappa shape index (κ3) is 4.24. The number of ether oxygens (including phenoxy) is 1. The lowest BCUT2D eigenvalue weighted by molar-refractivity contribution is 0.140. The number of hydrogen-bond donors (Lipinski definition) is 2. The Kier molecular flexibility index (Phi) is 7.27. The second-order valence-electron chi connectivity index (χ2n) is 4.16. The van der Waals surface area contributed by atoms with Crippen LogP contribution in [0.3, 0.4) is 0 Å². The van der Waals surface area contributed by atoms with Crippen LogP contribution in [-0.4, -0.2) is 23.0 Å². The average Bonchev–Trinajstić information content (AvgIpc) is 2.72. The van der Waals surface area contributed by atoms with E-state index in [2.05, 4.69) is 17.4 Å². The first-order chi connectivity index (χ1) is 8.74. The van der Waals surface area contributed by atoms with Gasteiger partial charge in [-0.05, 0) is 26.2 Å². The molecule has 3 N–H and O–H groups in total. The van der Waals surface area contributed by atoms with Crippen molar-refractivity contribution < 1.29 is 4.74 Å². The van der Waals surface area contributed by atoms with Crippen molar-refractivity contribution in [2.45, 2.75) is 45.7 Å². The Hall–Kier alpha value is -0.620. The van der Waals surface area contributed by atoms with Crippen molar-refractivity contribution >= 4 is 11.6 Å². The number of hydrogen-bond acceptors (Lipinski definition) is 4. The van der Waals surface area contributed by atoms with E-state index in [0.717, 1.165) is 44.7 Å². The zero-order chi connectivity index (χ0) is 13.4. The summed E-state index contributed by atoms with van der Waals surface area (Å²) in [6, 6.07) is 0.0204. The van der Waals surface area contributed by atoms with Crippen LogP contribution in [0.2, 0.25) is 5.02 Å². The number of aryl methyl sites for hydroxylation is 1. The molecule has 0 aromatic carbocycles. The Morgan fingerprint density at radius 1 is 1.56 bits per heavy atom. The number of rotatable bonds is 9. The highest BCUT2D eigenvalue weighted by molar-refractivity contribution is 6.31. The minimum Gasteiger partial charge on any atom is -0.382 e. The lowest BCUT2D eigenvalue weighted by Crippen LogP contribution is -2.30. The SMILES string of the molecule is CCCn1ncc(Cl)c1C(CCCOCC)NN. The highest BCUT2D eigenvalue weighted by atomic mass is 35.5. The molecule has 1 unspecified atom stereocenters. The first kappa shape index (κ1) is 15.4. The number of nitrogens with two attached hydrogens (primary N) is 1. The summed E-state index contributed by atoms with van der Waals surface area (Å²) in [4.78, 5) is 0. The van der Waals surface area contributed by atoms with E-state index in [1.54, 1.807) is 6.20 Å². The van der Waals surface area contributed by atoms with Crippen molar-refractivity contribution in [1.82, 2.24) is 15.2 Å². The van der Waals surface area contributed by atoms with Crippen LogP contribution in [0.25, 0.3) is 0 Å². The fraction of sp³-hybridized carbons (Fsp3) is 0.750. The second-order valence-corrected chi connectivity index (χ2v) is 4.57. The zero-order valence-corrected chi connectivity index (χ0v) is 11.9. The van der Waals surface area contributed by atoms with Crippen molar-refractivity contribution in [2.24, 2.45) is 5.84 Å². The number of aromatic nitrogens is 2. The van der Waals surface area contributed by atoms with E-state index in [9.17, 15) is 0 Å². The summed E-state index contributed by atoms with van der Waals surface area (Å²) in [6.07, 6.45) is 4.52. The van der Waals surface area contributed by atoms with E-state index in [-0.39, 0.29) is 6.04 Å². The molecule has 104 valence electrons.